The van der Waals surface area contributed by atoms with Crippen molar-refractivity contribution in [2.24, 2.45) is 0 Å². The lowest BCUT2D eigenvalue weighted by Gasteiger charge is -2.04. The molecule has 30 heavy (non-hydrogen) atoms. The Morgan fingerprint density at radius 1 is 1.30 bits per heavy atom. The number of benzene rings is 1. The number of pyridine rings is 1. The third kappa shape index (κ3) is 4.91. The topological polar surface area (TPSA) is 89.3 Å². The summed E-state index contributed by atoms with van der Waals surface area (Å²) in [6.07, 6.45) is 3.45. The molecule has 1 unspecified atom stereocenters. The van der Waals surface area contributed by atoms with Crippen LogP contribution in [0.3, 0.4) is 0 Å². The van der Waals surface area contributed by atoms with Crippen LogP contribution in [0.4, 0.5) is 3.89 Å². The van der Waals surface area contributed by atoms with E-state index in [1.165, 1.54) is 12.3 Å². The molecular weight excluding hydrogens is 474 g/mol. The number of rotatable bonds is 4. The third-order valence-electron chi connectivity index (χ3n) is 4.70. The molecule has 2 aromatic heterocycles. The van der Waals surface area contributed by atoms with Gasteiger partial charge in [0.05, 0.1) is 34.1 Å². The van der Waals surface area contributed by atoms with Crippen molar-refractivity contribution in [3.63, 3.8) is 0 Å². The molecule has 1 N–H and O–H groups in total. The molecule has 160 valence electrons. The minimum atomic E-state index is -3.40. The Morgan fingerprint density at radius 2 is 2.03 bits per heavy atom. The van der Waals surface area contributed by atoms with Crippen molar-refractivity contribution in [2.75, 3.05) is 6.26 Å². The van der Waals surface area contributed by atoms with Crippen molar-refractivity contribution >= 4 is 62.1 Å². The molecule has 3 heterocycles. The van der Waals surface area contributed by atoms with Gasteiger partial charge in [-0.15, -0.1) is 0 Å². The van der Waals surface area contributed by atoms with Crippen molar-refractivity contribution in [1.82, 2.24) is 9.55 Å². The van der Waals surface area contributed by atoms with E-state index < -0.39 is 15.8 Å². The van der Waals surface area contributed by atoms with Gasteiger partial charge in [-0.25, -0.2) is 13.4 Å². The number of halogens is 3. The first-order chi connectivity index (χ1) is 14.1. The molecule has 6 nitrogen and oxygen atoms in total. The van der Waals surface area contributed by atoms with Crippen LogP contribution in [-0.2, 0) is 21.2 Å². The van der Waals surface area contributed by atoms with E-state index in [4.69, 9.17) is 28.3 Å². The van der Waals surface area contributed by atoms with Gasteiger partial charge in [0, 0.05) is 40.9 Å². The molecule has 0 bridgehead atoms. The molecule has 0 saturated carbocycles. The normalized spacial score (nSPS) is 15.5. The zero-order chi connectivity index (χ0) is 22.1. The summed E-state index contributed by atoms with van der Waals surface area (Å²) in [5.74, 6) is -0.900. The van der Waals surface area contributed by atoms with E-state index in [0.717, 1.165) is 23.9 Å². The second kappa shape index (κ2) is 9.13. The van der Waals surface area contributed by atoms with Crippen molar-refractivity contribution in [2.45, 2.75) is 35.2 Å². The minimum Gasteiger partial charge on any atom is -0.481 e. The van der Waals surface area contributed by atoms with Gasteiger partial charge in [0.2, 0.25) is 0 Å². The van der Waals surface area contributed by atoms with Crippen molar-refractivity contribution in [1.29, 1.82) is 0 Å². The summed E-state index contributed by atoms with van der Waals surface area (Å²) >= 11 is 11.3. The van der Waals surface area contributed by atoms with E-state index >= 15 is 0 Å². The Balaban J connectivity index is 0.000000216. The summed E-state index contributed by atoms with van der Waals surface area (Å²) < 4.78 is 37.4. The number of aromatic nitrogens is 2. The number of sulfone groups is 1. The van der Waals surface area contributed by atoms with Crippen LogP contribution in [0.25, 0.3) is 10.9 Å². The van der Waals surface area contributed by atoms with Crippen LogP contribution in [0.15, 0.2) is 46.5 Å². The van der Waals surface area contributed by atoms with E-state index in [1.807, 2.05) is 4.57 Å². The highest BCUT2D eigenvalue weighted by Crippen LogP contribution is 2.37. The van der Waals surface area contributed by atoms with Crippen LogP contribution in [0.5, 0.6) is 0 Å². The molecular formula is C19H17Cl2FN2O4S2. The van der Waals surface area contributed by atoms with E-state index in [2.05, 4.69) is 4.98 Å². The van der Waals surface area contributed by atoms with Crippen LogP contribution in [0.2, 0.25) is 10.0 Å². The molecule has 1 aromatic carbocycles. The van der Waals surface area contributed by atoms with Crippen LogP contribution in [0.1, 0.15) is 24.5 Å². The number of carboxylic acids is 1. The molecule has 1 aliphatic rings. The van der Waals surface area contributed by atoms with Gasteiger partial charge in [0.25, 0.3) is 0 Å². The summed E-state index contributed by atoms with van der Waals surface area (Å²) in [4.78, 5) is 15.3. The van der Waals surface area contributed by atoms with Gasteiger partial charge in [0.1, 0.15) is 0 Å². The number of carboxylic acid groups (broad SMARTS) is 1. The average Bonchev–Trinajstić information content (AvgIpc) is 3.23. The number of nitrogens with zero attached hydrogens (tertiary/aromatic N) is 2. The molecule has 4 rings (SSSR count). The molecule has 0 saturated heterocycles. The highest BCUT2D eigenvalue weighted by Gasteiger charge is 2.28. The SMILES string of the molecule is CS(=O)(=O)c1nccc2c1cc1n2CCC1CC(=O)O.FSc1ccc(Cl)c(Cl)c1. The minimum absolute atomic E-state index is 0.0611. The van der Waals surface area contributed by atoms with Gasteiger partial charge in [-0.2, -0.15) is 3.89 Å². The Labute approximate surface area is 187 Å². The van der Waals surface area contributed by atoms with Gasteiger partial charge in [-0.05, 0) is 36.8 Å². The fourth-order valence-electron chi connectivity index (χ4n) is 3.44. The van der Waals surface area contributed by atoms with Crippen molar-refractivity contribution < 1.29 is 22.2 Å². The average molecular weight is 491 g/mol. The first kappa shape index (κ1) is 22.9. The second-order valence-corrected chi connectivity index (χ2v) is 10.1. The quantitative estimate of drug-likeness (QED) is 0.528. The first-order valence-corrected chi connectivity index (χ1v) is 12.1. The van der Waals surface area contributed by atoms with Crippen LogP contribution >= 0.6 is 35.3 Å². The number of hydrogen-bond acceptors (Lipinski definition) is 5. The van der Waals surface area contributed by atoms with Crippen LogP contribution in [0, 0.1) is 0 Å². The van der Waals surface area contributed by atoms with E-state index in [9.17, 15) is 17.1 Å². The molecule has 0 spiro atoms. The number of aryl methyl sites for hydroxylation is 1. The molecule has 1 atom stereocenters. The monoisotopic (exact) mass is 490 g/mol. The van der Waals surface area contributed by atoms with Gasteiger partial charge >= 0.3 is 5.97 Å². The number of aliphatic carboxylic acids is 1. The second-order valence-electron chi connectivity index (χ2n) is 6.78. The summed E-state index contributed by atoms with van der Waals surface area (Å²) in [6.45, 7) is 0.712. The van der Waals surface area contributed by atoms with Gasteiger partial charge in [0.15, 0.2) is 14.9 Å². The Morgan fingerprint density at radius 3 is 2.63 bits per heavy atom. The summed E-state index contributed by atoms with van der Waals surface area (Å²) in [5, 5.41) is 10.4. The maximum absolute atomic E-state index is 11.9. The standard InChI is InChI=1S/C13H14N2O4S.C6H3Cl2FS/c1-20(18,19)13-9-7-11-8(6-12(16)17)3-5-15(11)10(9)2-4-14-13;7-5-2-1-4(10-9)3-6(5)8/h2,4,7-8H,3,5-6H2,1H3,(H,16,17);1-3H. The molecule has 0 fully saturated rings. The van der Waals surface area contributed by atoms with Crippen LogP contribution < -0.4 is 0 Å². The summed E-state index contributed by atoms with van der Waals surface area (Å²) in [5.41, 5.74) is 1.70. The molecule has 1 aliphatic heterocycles. The predicted molar refractivity (Wildman–Crippen MR) is 116 cm³/mol. The maximum atomic E-state index is 11.9. The maximum Gasteiger partial charge on any atom is 0.304 e. The smallest absolute Gasteiger partial charge is 0.304 e. The zero-order valence-electron chi connectivity index (χ0n) is 15.7. The predicted octanol–water partition coefficient (Wildman–Crippen LogP) is 5.37. The molecule has 0 radical (unpaired) electrons. The number of carbonyl (C=O) groups is 1. The first-order valence-electron chi connectivity index (χ1n) is 8.75. The zero-order valence-corrected chi connectivity index (χ0v) is 18.8. The molecule has 11 heteroatoms. The fourth-order valence-corrected chi connectivity index (χ4v) is 4.90. The van der Waals surface area contributed by atoms with Gasteiger partial charge in [-0.3, -0.25) is 4.79 Å². The lowest BCUT2D eigenvalue weighted by Crippen LogP contribution is -2.03. The lowest BCUT2D eigenvalue weighted by molar-refractivity contribution is -0.137. The summed E-state index contributed by atoms with van der Waals surface area (Å²) in [6, 6.07) is 8.16. The Kier molecular flexibility index (Phi) is 6.96. The Hall–Kier alpha value is -1.81. The van der Waals surface area contributed by atoms with Crippen molar-refractivity contribution in [3.05, 3.63) is 52.3 Å². The third-order valence-corrected chi connectivity index (χ3v) is 6.90. The highest BCUT2D eigenvalue weighted by atomic mass is 35.5. The summed E-state index contributed by atoms with van der Waals surface area (Å²) in [7, 11) is -3.40. The Bertz CT molecular complexity index is 1210. The molecule has 0 aliphatic carbocycles. The lowest BCUT2D eigenvalue weighted by atomic mass is 10.0. The van der Waals surface area contributed by atoms with E-state index in [-0.39, 0.29) is 29.5 Å². The van der Waals surface area contributed by atoms with E-state index in [1.54, 1.807) is 24.3 Å². The number of hydrogen-bond donors (Lipinski definition) is 1. The van der Waals surface area contributed by atoms with E-state index in [0.29, 0.717) is 26.9 Å². The van der Waals surface area contributed by atoms with Gasteiger partial charge < -0.3 is 9.67 Å². The van der Waals surface area contributed by atoms with Crippen LogP contribution in [-0.4, -0.2) is 35.3 Å². The fraction of sp³-hybridized carbons (Fsp3) is 0.263. The van der Waals surface area contributed by atoms with Crippen molar-refractivity contribution in [3.8, 4) is 0 Å². The van der Waals surface area contributed by atoms with Gasteiger partial charge in [-0.1, -0.05) is 23.2 Å². The number of fused-ring (bicyclic) bond motifs is 3. The highest BCUT2D eigenvalue weighted by molar-refractivity contribution is 7.94. The molecule has 3 aromatic rings. The largest absolute Gasteiger partial charge is 0.481 e. The molecule has 0 amide bonds.